The number of hydrogen-bond donors (Lipinski definition) is 2. The van der Waals surface area contributed by atoms with Crippen LogP contribution < -0.4 is 20.3 Å². The minimum atomic E-state index is -0.462. The van der Waals surface area contributed by atoms with E-state index in [0.717, 1.165) is 5.56 Å². The number of carbonyl (C=O) groups is 1. The first-order chi connectivity index (χ1) is 14.1. The number of aromatic amines is 1. The predicted molar refractivity (Wildman–Crippen MR) is 111 cm³/mol. The molecule has 9 heteroatoms. The largest absolute Gasteiger partial charge is 0.497 e. The van der Waals surface area contributed by atoms with Gasteiger partial charge in [0.1, 0.15) is 11.5 Å². The summed E-state index contributed by atoms with van der Waals surface area (Å²) < 4.78 is 10.7. The monoisotopic (exact) mass is 408 g/mol. The number of fused-ring (bicyclic) bond motifs is 1. The van der Waals surface area contributed by atoms with Crippen LogP contribution in [0.2, 0.25) is 0 Å². The van der Waals surface area contributed by atoms with Crippen molar-refractivity contribution in [2.75, 3.05) is 19.5 Å². The third-order valence-electron chi connectivity index (χ3n) is 4.32. The van der Waals surface area contributed by atoms with E-state index in [0.29, 0.717) is 33.1 Å². The van der Waals surface area contributed by atoms with Crippen LogP contribution in [0, 0.1) is 0 Å². The first kappa shape index (κ1) is 18.6. The number of ether oxygens (including phenoxy) is 2. The number of thiazole rings is 1. The number of rotatable bonds is 5. The van der Waals surface area contributed by atoms with Gasteiger partial charge < -0.3 is 9.47 Å². The van der Waals surface area contributed by atoms with Crippen LogP contribution in [0.25, 0.3) is 22.0 Å². The van der Waals surface area contributed by atoms with Crippen molar-refractivity contribution in [3.8, 4) is 22.8 Å². The van der Waals surface area contributed by atoms with Crippen LogP contribution in [0.5, 0.6) is 11.5 Å². The molecule has 0 atom stereocenters. The number of H-pyrrole nitrogens is 1. The molecule has 0 aliphatic carbocycles. The summed E-state index contributed by atoms with van der Waals surface area (Å²) >= 11 is 1.27. The van der Waals surface area contributed by atoms with Crippen LogP contribution in [0.15, 0.2) is 52.6 Å². The van der Waals surface area contributed by atoms with Gasteiger partial charge in [-0.1, -0.05) is 18.2 Å². The van der Waals surface area contributed by atoms with Crippen LogP contribution in [-0.2, 0) is 0 Å². The lowest BCUT2D eigenvalue weighted by Crippen LogP contribution is -2.19. The Morgan fingerprint density at radius 1 is 1.10 bits per heavy atom. The molecule has 2 N–H and O–H groups in total. The third-order valence-corrected chi connectivity index (χ3v) is 5.08. The number of nitrogens with one attached hydrogen (secondary N) is 2. The lowest BCUT2D eigenvalue weighted by molar-refractivity contribution is 0.102. The van der Waals surface area contributed by atoms with Crippen molar-refractivity contribution in [3.63, 3.8) is 0 Å². The average Bonchev–Trinajstić information content (AvgIpc) is 3.22. The molecular formula is C20H16N4O4S. The van der Waals surface area contributed by atoms with E-state index in [9.17, 15) is 9.59 Å². The van der Waals surface area contributed by atoms with E-state index < -0.39 is 5.91 Å². The van der Waals surface area contributed by atoms with Gasteiger partial charge in [-0.2, -0.15) is 5.10 Å². The molecule has 0 aliphatic rings. The van der Waals surface area contributed by atoms with Gasteiger partial charge in [0.2, 0.25) is 0 Å². The fraction of sp³-hybridized carbons (Fsp3) is 0.100. The summed E-state index contributed by atoms with van der Waals surface area (Å²) in [6.07, 6.45) is 0. The Morgan fingerprint density at radius 2 is 1.90 bits per heavy atom. The molecule has 0 spiro atoms. The highest BCUT2D eigenvalue weighted by molar-refractivity contribution is 7.14. The Bertz CT molecular complexity index is 1260. The van der Waals surface area contributed by atoms with Gasteiger partial charge in [-0.3, -0.25) is 14.9 Å². The number of methoxy groups -OCH3 is 2. The lowest BCUT2D eigenvalue weighted by Gasteiger charge is -2.08. The lowest BCUT2D eigenvalue weighted by atomic mass is 10.1. The molecule has 0 saturated carbocycles. The van der Waals surface area contributed by atoms with Gasteiger partial charge in [0.15, 0.2) is 10.8 Å². The summed E-state index contributed by atoms with van der Waals surface area (Å²) in [4.78, 5) is 29.1. The molecule has 0 radical (unpaired) electrons. The zero-order valence-corrected chi connectivity index (χ0v) is 16.4. The second-order valence-electron chi connectivity index (χ2n) is 6.01. The minimum absolute atomic E-state index is 0.121. The Labute approximate surface area is 169 Å². The van der Waals surface area contributed by atoms with Gasteiger partial charge in [-0.25, -0.2) is 10.1 Å². The van der Waals surface area contributed by atoms with Gasteiger partial charge in [0.05, 0.1) is 25.3 Å². The Balaban J connectivity index is 1.65. The molecule has 4 rings (SSSR count). The second-order valence-corrected chi connectivity index (χ2v) is 6.86. The number of anilines is 1. The molecule has 2 aromatic carbocycles. The fourth-order valence-corrected chi connectivity index (χ4v) is 3.62. The quantitative estimate of drug-likeness (QED) is 0.525. The van der Waals surface area contributed by atoms with Gasteiger partial charge >= 0.3 is 0 Å². The summed E-state index contributed by atoms with van der Waals surface area (Å²) in [7, 11) is 3.16. The van der Waals surface area contributed by atoms with Gasteiger partial charge in [0, 0.05) is 16.3 Å². The smallest absolute Gasteiger partial charge is 0.278 e. The topological polar surface area (TPSA) is 106 Å². The highest BCUT2D eigenvalue weighted by Gasteiger charge is 2.17. The zero-order chi connectivity index (χ0) is 20.4. The molecular weight excluding hydrogens is 392 g/mol. The van der Waals surface area contributed by atoms with Gasteiger partial charge in [-0.15, -0.1) is 11.3 Å². The number of aromatic nitrogens is 3. The normalized spacial score (nSPS) is 10.7. The molecule has 8 nitrogen and oxygen atoms in total. The molecule has 0 unspecified atom stereocenters. The van der Waals surface area contributed by atoms with Crippen molar-refractivity contribution >= 4 is 33.1 Å². The van der Waals surface area contributed by atoms with Crippen molar-refractivity contribution in [1.29, 1.82) is 0 Å². The molecule has 4 aromatic rings. The summed E-state index contributed by atoms with van der Waals surface area (Å²) in [6.45, 7) is 0. The first-order valence-electron chi connectivity index (χ1n) is 8.57. The minimum Gasteiger partial charge on any atom is -0.497 e. The summed E-state index contributed by atoms with van der Waals surface area (Å²) in [5.74, 6) is 0.849. The van der Waals surface area contributed by atoms with E-state index in [-0.39, 0.29) is 11.3 Å². The van der Waals surface area contributed by atoms with E-state index in [1.165, 1.54) is 11.3 Å². The highest BCUT2D eigenvalue weighted by Crippen LogP contribution is 2.35. The molecule has 29 heavy (non-hydrogen) atoms. The van der Waals surface area contributed by atoms with Crippen molar-refractivity contribution < 1.29 is 14.3 Å². The zero-order valence-electron chi connectivity index (χ0n) is 15.6. The SMILES string of the molecule is COc1ccc(OC)c(-c2csc(NC(=O)c3n[nH]c(=O)c4ccccc34)n2)c1. The Kier molecular flexibility index (Phi) is 4.96. The van der Waals surface area contributed by atoms with E-state index in [2.05, 4.69) is 20.5 Å². The number of nitrogens with zero attached hydrogens (tertiary/aromatic N) is 2. The molecule has 0 saturated heterocycles. The molecule has 0 bridgehead atoms. The van der Waals surface area contributed by atoms with Crippen molar-refractivity contribution in [3.05, 3.63) is 63.9 Å². The number of hydrogen-bond acceptors (Lipinski definition) is 7. The van der Waals surface area contributed by atoms with E-state index in [1.54, 1.807) is 50.6 Å². The summed E-state index contributed by atoms with van der Waals surface area (Å²) in [6, 6.07) is 12.2. The Morgan fingerprint density at radius 3 is 2.66 bits per heavy atom. The second kappa shape index (κ2) is 7.72. The van der Waals surface area contributed by atoms with Crippen LogP contribution in [0.1, 0.15) is 10.5 Å². The van der Waals surface area contributed by atoms with Crippen molar-refractivity contribution in [1.82, 2.24) is 15.2 Å². The van der Waals surface area contributed by atoms with Crippen LogP contribution >= 0.6 is 11.3 Å². The first-order valence-corrected chi connectivity index (χ1v) is 9.45. The maximum absolute atomic E-state index is 12.7. The van der Waals surface area contributed by atoms with Gasteiger partial charge in [0.25, 0.3) is 11.5 Å². The average molecular weight is 408 g/mol. The number of benzene rings is 2. The number of amides is 1. The fourth-order valence-electron chi connectivity index (χ4n) is 2.91. The van der Waals surface area contributed by atoms with E-state index in [1.807, 2.05) is 11.4 Å². The maximum Gasteiger partial charge on any atom is 0.278 e. The van der Waals surface area contributed by atoms with Crippen molar-refractivity contribution in [2.45, 2.75) is 0 Å². The Hall–Kier alpha value is -3.72. The summed E-state index contributed by atoms with van der Waals surface area (Å²) in [5, 5.41) is 12.1. The third kappa shape index (κ3) is 3.55. The van der Waals surface area contributed by atoms with Crippen LogP contribution in [0.4, 0.5) is 5.13 Å². The van der Waals surface area contributed by atoms with Crippen molar-refractivity contribution in [2.24, 2.45) is 0 Å². The maximum atomic E-state index is 12.7. The predicted octanol–water partition coefficient (Wildman–Crippen LogP) is 3.32. The molecule has 2 aromatic heterocycles. The summed E-state index contributed by atoms with van der Waals surface area (Å²) in [5.41, 5.74) is 1.16. The molecule has 2 heterocycles. The van der Waals surface area contributed by atoms with Crippen LogP contribution in [-0.4, -0.2) is 35.3 Å². The highest BCUT2D eigenvalue weighted by atomic mass is 32.1. The van der Waals surface area contributed by atoms with E-state index >= 15 is 0 Å². The number of carbonyl (C=O) groups excluding carboxylic acids is 1. The standard InChI is InChI=1S/C20H16N4O4S/c1-27-11-7-8-16(28-2)14(9-11)15-10-29-20(21-15)22-19(26)17-12-5-3-4-6-13(12)18(25)24-23-17/h3-10H,1-2H3,(H,24,25)(H,21,22,26). The van der Waals surface area contributed by atoms with E-state index in [4.69, 9.17) is 9.47 Å². The molecule has 146 valence electrons. The molecule has 0 aliphatic heterocycles. The van der Waals surface area contributed by atoms with Crippen LogP contribution in [0.3, 0.4) is 0 Å². The van der Waals surface area contributed by atoms with Gasteiger partial charge in [-0.05, 0) is 24.3 Å². The molecule has 0 fully saturated rings. The molecule has 1 amide bonds.